The lowest BCUT2D eigenvalue weighted by Crippen LogP contribution is -2.45. The van der Waals surface area contributed by atoms with E-state index in [1.165, 1.54) is 5.56 Å². The van der Waals surface area contributed by atoms with Crippen LogP contribution in [0, 0.1) is 11.3 Å². The van der Waals surface area contributed by atoms with E-state index in [9.17, 15) is 9.90 Å². The number of benzene rings is 1. The lowest BCUT2D eigenvalue weighted by atomic mass is 9.79. The van der Waals surface area contributed by atoms with E-state index >= 15 is 0 Å². The fourth-order valence-corrected chi connectivity index (χ4v) is 2.68. The summed E-state index contributed by atoms with van der Waals surface area (Å²) in [4.78, 5) is 12.1. The van der Waals surface area contributed by atoms with E-state index in [-0.39, 0.29) is 17.2 Å². The molecule has 3 nitrogen and oxygen atoms in total. The number of aliphatic hydroxyl groups is 1. The number of amides is 1. The van der Waals surface area contributed by atoms with Crippen LogP contribution >= 0.6 is 0 Å². The highest BCUT2D eigenvalue weighted by Crippen LogP contribution is 2.27. The Bertz CT molecular complexity index is 487. The SMILES string of the molecule is CC(O)C(C)(CNC(=O)C1CC=CC1)Cc1ccccc1. The largest absolute Gasteiger partial charge is 0.393 e. The average molecular weight is 287 g/mol. The third kappa shape index (κ3) is 4.18. The predicted octanol–water partition coefficient (Wildman–Crippen LogP) is 2.70. The molecular formula is C18H25NO2. The smallest absolute Gasteiger partial charge is 0.223 e. The van der Waals surface area contributed by atoms with Crippen LogP contribution in [0.2, 0.25) is 0 Å². The number of allylic oxidation sites excluding steroid dienone is 2. The maximum absolute atomic E-state index is 12.1. The molecule has 2 unspecified atom stereocenters. The van der Waals surface area contributed by atoms with Crippen LogP contribution in [0.1, 0.15) is 32.3 Å². The minimum absolute atomic E-state index is 0.0694. The van der Waals surface area contributed by atoms with Crippen LogP contribution in [-0.4, -0.2) is 23.7 Å². The van der Waals surface area contributed by atoms with Gasteiger partial charge in [-0.25, -0.2) is 0 Å². The molecule has 2 N–H and O–H groups in total. The van der Waals surface area contributed by atoms with Gasteiger partial charge in [0.2, 0.25) is 5.91 Å². The maximum atomic E-state index is 12.1. The molecule has 114 valence electrons. The Morgan fingerprint density at radius 2 is 1.95 bits per heavy atom. The van der Waals surface area contributed by atoms with Crippen LogP contribution < -0.4 is 5.32 Å². The molecule has 1 aliphatic carbocycles. The van der Waals surface area contributed by atoms with Crippen molar-refractivity contribution in [3.63, 3.8) is 0 Å². The van der Waals surface area contributed by atoms with Crippen molar-refractivity contribution in [3.05, 3.63) is 48.0 Å². The molecule has 0 aliphatic heterocycles. The molecule has 1 aliphatic rings. The van der Waals surface area contributed by atoms with Crippen molar-refractivity contribution in [3.8, 4) is 0 Å². The summed E-state index contributed by atoms with van der Waals surface area (Å²) in [5.41, 5.74) is 0.820. The zero-order valence-corrected chi connectivity index (χ0v) is 12.9. The normalized spacial score (nSPS) is 19.2. The van der Waals surface area contributed by atoms with Gasteiger partial charge in [-0.15, -0.1) is 0 Å². The first-order valence-electron chi connectivity index (χ1n) is 7.66. The van der Waals surface area contributed by atoms with E-state index in [0.29, 0.717) is 6.54 Å². The highest BCUT2D eigenvalue weighted by Gasteiger charge is 2.31. The number of carbonyl (C=O) groups is 1. The van der Waals surface area contributed by atoms with Crippen molar-refractivity contribution in [1.82, 2.24) is 5.32 Å². The number of nitrogens with one attached hydrogen (secondary N) is 1. The summed E-state index contributed by atoms with van der Waals surface area (Å²) in [5.74, 6) is 0.167. The Kier molecular flexibility index (Phi) is 5.18. The van der Waals surface area contributed by atoms with Gasteiger partial charge in [0.25, 0.3) is 0 Å². The van der Waals surface area contributed by atoms with Crippen LogP contribution in [0.4, 0.5) is 0 Å². The fourth-order valence-electron chi connectivity index (χ4n) is 2.68. The Morgan fingerprint density at radius 3 is 2.52 bits per heavy atom. The highest BCUT2D eigenvalue weighted by molar-refractivity contribution is 5.79. The third-order valence-corrected chi connectivity index (χ3v) is 4.50. The summed E-state index contributed by atoms with van der Waals surface area (Å²) in [6, 6.07) is 10.1. The summed E-state index contributed by atoms with van der Waals surface area (Å²) in [6.45, 7) is 4.32. The molecule has 21 heavy (non-hydrogen) atoms. The van der Waals surface area contributed by atoms with Gasteiger partial charge in [-0.3, -0.25) is 4.79 Å². The summed E-state index contributed by atoms with van der Waals surface area (Å²) >= 11 is 0. The number of hydrogen-bond acceptors (Lipinski definition) is 2. The van der Waals surface area contributed by atoms with Crippen LogP contribution in [-0.2, 0) is 11.2 Å². The van der Waals surface area contributed by atoms with Crippen molar-refractivity contribution in [1.29, 1.82) is 0 Å². The van der Waals surface area contributed by atoms with Crippen LogP contribution in [0.3, 0.4) is 0 Å². The van der Waals surface area contributed by atoms with Gasteiger partial charge in [-0.05, 0) is 31.7 Å². The van der Waals surface area contributed by atoms with Gasteiger partial charge < -0.3 is 10.4 Å². The van der Waals surface area contributed by atoms with Crippen molar-refractivity contribution in [2.24, 2.45) is 11.3 Å². The van der Waals surface area contributed by atoms with Crippen molar-refractivity contribution in [2.75, 3.05) is 6.54 Å². The standard InChI is InChI=1S/C18H25NO2/c1-14(20)18(2,12-15-8-4-3-5-9-15)13-19-17(21)16-10-6-7-11-16/h3-9,14,16,20H,10-13H2,1-2H3,(H,19,21). The zero-order valence-electron chi connectivity index (χ0n) is 12.9. The van der Waals surface area contributed by atoms with E-state index in [1.807, 2.05) is 25.1 Å². The summed E-state index contributed by atoms with van der Waals surface area (Å²) in [6.07, 6.45) is 6.03. The Hall–Kier alpha value is -1.61. The van der Waals surface area contributed by atoms with Gasteiger partial charge in [0.05, 0.1) is 6.10 Å². The molecule has 0 heterocycles. The zero-order chi connectivity index (χ0) is 15.3. The monoisotopic (exact) mass is 287 g/mol. The molecule has 3 heteroatoms. The first-order chi connectivity index (χ1) is 10.0. The topological polar surface area (TPSA) is 49.3 Å². The van der Waals surface area contributed by atoms with E-state index in [0.717, 1.165) is 19.3 Å². The molecule has 1 aromatic carbocycles. The second kappa shape index (κ2) is 6.90. The summed E-state index contributed by atoms with van der Waals surface area (Å²) in [5, 5.41) is 13.2. The van der Waals surface area contributed by atoms with E-state index in [2.05, 4.69) is 29.6 Å². The van der Waals surface area contributed by atoms with Crippen LogP contribution in [0.25, 0.3) is 0 Å². The fraction of sp³-hybridized carbons (Fsp3) is 0.500. The molecule has 0 fully saturated rings. The summed E-state index contributed by atoms with van der Waals surface area (Å²) < 4.78 is 0. The van der Waals surface area contributed by atoms with Gasteiger partial charge in [-0.1, -0.05) is 49.4 Å². The molecule has 0 aromatic heterocycles. The lowest BCUT2D eigenvalue weighted by molar-refractivity contribution is -0.125. The second-order valence-corrected chi connectivity index (χ2v) is 6.35. The molecule has 0 saturated heterocycles. The highest BCUT2D eigenvalue weighted by atomic mass is 16.3. The first-order valence-corrected chi connectivity index (χ1v) is 7.66. The number of rotatable bonds is 6. The van der Waals surface area contributed by atoms with Gasteiger partial charge in [0, 0.05) is 17.9 Å². The lowest BCUT2D eigenvalue weighted by Gasteiger charge is -2.33. The second-order valence-electron chi connectivity index (χ2n) is 6.35. The quantitative estimate of drug-likeness (QED) is 0.790. The molecule has 0 radical (unpaired) electrons. The van der Waals surface area contributed by atoms with Crippen molar-refractivity contribution in [2.45, 2.75) is 39.2 Å². The van der Waals surface area contributed by atoms with Crippen molar-refractivity contribution < 1.29 is 9.90 Å². The molecule has 0 bridgehead atoms. The van der Waals surface area contributed by atoms with Crippen molar-refractivity contribution >= 4 is 5.91 Å². The summed E-state index contributed by atoms with van der Waals surface area (Å²) in [7, 11) is 0. The van der Waals surface area contributed by atoms with E-state index in [1.54, 1.807) is 6.92 Å². The van der Waals surface area contributed by atoms with E-state index < -0.39 is 6.10 Å². The van der Waals surface area contributed by atoms with Crippen LogP contribution in [0.15, 0.2) is 42.5 Å². The molecule has 2 rings (SSSR count). The minimum atomic E-state index is -0.486. The number of carbonyl (C=O) groups excluding carboxylic acids is 1. The maximum Gasteiger partial charge on any atom is 0.223 e. The molecule has 1 amide bonds. The minimum Gasteiger partial charge on any atom is -0.393 e. The predicted molar refractivity (Wildman–Crippen MR) is 84.8 cm³/mol. The Labute approximate surface area is 127 Å². The van der Waals surface area contributed by atoms with Gasteiger partial charge >= 0.3 is 0 Å². The number of aliphatic hydroxyl groups excluding tert-OH is 1. The van der Waals surface area contributed by atoms with Gasteiger partial charge in [0.15, 0.2) is 0 Å². The molecule has 0 saturated carbocycles. The Morgan fingerprint density at radius 1 is 1.33 bits per heavy atom. The Balaban J connectivity index is 1.96. The molecule has 2 atom stereocenters. The van der Waals surface area contributed by atoms with E-state index in [4.69, 9.17) is 0 Å². The molecule has 1 aromatic rings. The molecule has 0 spiro atoms. The third-order valence-electron chi connectivity index (χ3n) is 4.50. The van der Waals surface area contributed by atoms with Crippen LogP contribution in [0.5, 0.6) is 0 Å². The first kappa shape index (κ1) is 15.8. The van der Waals surface area contributed by atoms with Gasteiger partial charge in [-0.2, -0.15) is 0 Å². The average Bonchev–Trinajstić information content (AvgIpc) is 3.00. The number of hydrogen-bond donors (Lipinski definition) is 2. The molecular weight excluding hydrogens is 262 g/mol. The van der Waals surface area contributed by atoms with Gasteiger partial charge in [0.1, 0.15) is 0 Å².